The van der Waals surface area contributed by atoms with E-state index in [4.69, 9.17) is 10.5 Å². The minimum Gasteiger partial charge on any atom is -0.494 e. The molecule has 0 amide bonds. The predicted octanol–water partition coefficient (Wildman–Crippen LogP) is 3.65. The highest BCUT2D eigenvalue weighted by atomic mass is 19.1. The molecule has 0 bridgehead atoms. The van der Waals surface area contributed by atoms with Crippen molar-refractivity contribution >= 4 is 0 Å². The summed E-state index contributed by atoms with van der Waals surface area (Å²) < 4.78 is 32.6. The van der Waals surface area contributed by atoms with Crippen LogP contribution in [0.2, 0.25) is 0 Å². The van der Waals surface area contributed by atoms with Gasteiger partial charge in [-0.1, -0.05) is 12.1 Å². The predicted molar refractivity (Wildman–Crippen MR) is 79.5 cm³/mol. The summed E-state index contributed by atoms with van der Waals surface area (Å²) in [7, 11) is 0. The molecule has 0 spiro atoms. The van der Waals surface area contributed by atoms with Gasteiger partial charge in [0.1, 0.15) is 17.4 Å². The lowest BCUT2D eigenvalue weighted by Gasteiger charge is -2.17. The molecule has 2 rings (SSSR count). The standard InChI is InChI=1S/C17H19F2NO/c1-2-21-15-5-3-4-12(9-15)8-13(11-20)16-10-14(18)6-7-17(16)19/h3-7,9-10,13H,2,8,11,20H2,1H3. The number of ether oxygens (including phenoxy) is 1. The van der Waals surface area contributed by atoms with Crippen LogP contribution < -0.4 is 10.5 Å². The fourth-order valence-electron chi connectivity index (χ4n) is 2.36. The summed E-state index contributed by atoms with van der Waals surface area (Å²) in [6.45, 7) is 2.75. The smallest absolute Gasteiger partial charge is 0.126 e. The van der Waals surface area contributed by atoms with E-state index in [1.807, 2.05) is 31.2 Å². The zero-order valence-corrected chi connectivity index (χ0v) is 12.0. The molecule has 112 valence electrons. The number of hydrogen-bond donors (Lipinski definition) is 1. The van der Waals surface area contributed by atoms with Crippen molar-refractivity contribution in [3.63, 3.8) is 0 Å². The second kappa shape index (κ2) is 7.18. The van der Waals surface area contributed by atoms with Gasteiger partial charge < -0.3 is 10.5 Å². The van der Waals surface area contributed by atoms with Crippen molar-refractivity contribution in [3.8, 4) is 5.75 Å². The zero-order valence-electron chi connectivity index (χ0n) is 12.0. The van der Waals surface area contributed by atoms with Gasteiger partial charge in [0.15, 0.2) is 0 Å². The van der Waals surface area contributed by atoms with E-state index in [2.05, 4.69) is 0 Å². The van der Waals surface area contributed by atoms with E-state index in [9.17, 15) is 8.78 Å². The Hall–Kier alpha value is -1.94. The maximum atomic E-state index is 13.9. The Morgan fingerprint density at radius 3 is 2.67 bits per heavy atom. The van der Waals surface area contributed by atoms with Gasteiger partial charge in [-0.25, -0.2) is 8.78 Å². The topological polar surface area (TPSA) is 35.2 Å². The SMILES string of the molecule is CCOc1cccc(CC(CN)c2cc(F)ccc2F)c1. The first-order valence-corrected chi connectivity index (χ1v) is 7.00. The van der Waals surface area contributed by atoms with Crippen molar-refractivity contribution in [2.24, 2.45) is 5.73 Å². The summed E-state index contributed by atoms with van der Waals surface area (Å²) in [5.74, 6) is -0.371. The summed E-state index contributed by atoms with van der Waals surface area (Å²) in [6.07, 6.45) is 0.539. The van der Waals surface area contributed by atoms with Gasteiger partial charge in [-0.05, 0) is 61.3 Å². The molecule has 0 fully saturated rings. The molecule has 4 heteroatoms. The van der Waals surface area contributed by atoms with Crippen LogP contribution in [0.25, 0.3) is 0 Å². The van der Waals surface area contributed by atoms with Crippen molar-refractivity contribution in [3.05, 3.63) is 65.2 Å². The zero-order chi connectivity index (χ0) is 15.2. The molecule has 1 unspecified atom stereocenters. The average Bonchev–Trinajstić information content (AvgIpc) is 2.48. The number of benzene rings is 2. The molecule has 0 saturated heterocycles. The summed E-state index contributed by atoms with van der Waals surface area (Å²) in [5.41, 5.74) is 7.05. The third-order valence-corrected chi connectivity index (χ3v) is 3.37. The van der Waals surface area contributed by atoms with Crippen molar-refractivity contribution in [2.75, 3.05) is 13.2 Å². The Kier molecular flexibility index (Phi) is 5.28. The van der Waals surface area contributed by atoms with Crippen LogP contribution in [-0.2, 0) is 6.42 Å². The molecule has 1 atom stereocenters. The molecule has 0 aliphatic rings. The van der Waals surface area contributed by atoms with E-state index in [1.165, 1.54) is 6.07 Å². The van der Waals surface area contributed by atoms with Gasteiger partial charge in [0.25, 0.3) is 0 Å². The molecule has 0 aromatic heterocycles. The number of hydrogen-bond acceptors (Lipinski definition) is 2. The maximum Gasteiger partial charge on any atom is 0.126 e. The van der Waals surface area contributed by atoms with E-state index in [0.29, 0.717) is 18.6 Å². The molecule has 2 aromatic rings. The lowest BCUT2D eigenvalue weighted by atomic mass is 9.91. The van der Waals surface area contributed by atoms with Crippen molar-refractivity contribution in [1.82, 2.24) is 0 Å². The second-order valence-electron chi connectivity index (χ2n) is 4.88. The Bertz CT molecular complexity index is 601. The minimum atomic E-state index is -0.451. The first kappa shape index (κ1) is 15.4. The highest BCUT2D eigenvalue weighted by Gasteiger charge is 2.16. The highest BCUT2D eigenvalue weighted by molar-refractivity contribution is 5.31. The van der Waals surface area contributed by atoms with Crippen LogP contribution in [0.4, 0.5) is 8.78 Å². The van der Waals surface area contributed by atoms with E-state index in [-0.39, 0.29) is 12.5 Å². The molecule has 0 radical (unpaired) electrons. The van der Waals surface area contributed by atoms with E-state index < -0.39 is 11.6 Å². The Balaban J connectivity index is 2.22. The van der Waals surface area contributed by atoms with E-state index in [0.717, 1.165) is 23.4 Å². The van der Waals surface area contributed by atoms with Gasteiger partial charge in [0.2, 0.25) is 0 Å². The third-order valence-electron chi connectivity index (χ3n) is 3.37. The normalized spacial score (nSPS) is 12.2. The van der Waals surface area contributed by atoms with Gasteiger partial charge in [-0.3, -0.25) is 0 Å². The van der Waals surface area contributed by atoms with Crippen LogP contribution >= 0.6 is 0 Å². The van der Waals surface area contributed by atoms with Crippen LogP contribution in [0.3, 0.4) is 0 Å². The molecule has 2 nitrogen and oxygen atoms in total. The summed E-state index contributed by atoms with van der Waals surface area (Å²) >= 11 is 0. The molecule has 0 aliphatic heterocycles. The molecular weight excluding hydrogens is 272 g/mol. The third kappa shape index (κ3) is 4.02. The van der Waals surface area contributed by atoms with E-state index >= 15 is 0 Å². The Morgan fingerprint density at radius 1 is 1.14 bits per heavy atom. The fourth-order valence-corrected chi connectivity index (χ4v) is 2.36. The number of halogens is 2. The van der Waals surface area contributed by atoms with E-state index in [1.54, 1.807) is 0 Å². The number of nitrogens with two attached hydrogens (primary N) is 1. The molecule has 21 heavy (non-hydrogen) atoms. The van der Waals surface area contributed by atoms with Crippen molar-refractivity contribution in [1.29, 1.82) is 0 Å². The average molecular weight is 291 g/mol. The first-order valence-electron chi connectivity index (χ1n) is 7.00. The van der Waals surface area contributed by atoms with Gasteiger partial charge in [0.05, 0.1) is 6.61 Å². The quantitative estimate of drug-likeness (QED) is 0.881. The van der Waals surface area contributed by atoms with Crippen molar-refractivity contribution < 1.29 is 13.5 Å². The lowest BCUT2D eigenvalue weighted by Crippen LogP contribution is -2.16. The largest absolute Gasteiger partial charge is 0.494 e. The second-order valence-corrected chi connectivity index (χ2v) is 4.88. The number of rotatable bonds is 6. The van der Waals surface area contributed by atoms with Crippen molar-refractivity contribution in [2.45, 2.75) is 19.3 Å². The molecular formula is C17H19F2NO. The Morgan fingerprint density at radius 2 is 1.95 bits per heavy atom. The lowest BCUT2D eigenvalue weighted by molar-refractivity contribution is 0.340. The van der Waals surface area contributed by atoms with Gasteiger partial charge in [-0.15, -0.1) is 0 Å². The molecule has 0 heterocycles. The first-order chi connectivity index (χ1) is 10.1. The molecule has 0 saturated carbocycles. The Labute approximate surface area is 123 Å². The van der Waals surface area contributed by atoms with Gasteiger partial charge in [0, 0.05) is 5.92 Å². The fraction of sp³-hybridized carbons (Fsp3) is 0.294. The van der Waals surface area contributed by atoms with Crippen LogP contribution in [0.15, 0.2) is 42.5 Å². The van der Waals surface area contributed by atoms with Gasteiger partial charge >= 0.3 is 0 Å². The summed E-state index contributed by atoms with van der Waals surface area (Å²) in [5, 5.41) is 0. The monoisotopic (exact) mass is 291 g/mol. The van der Waals surface area contributed by atoms with Crippen LogP contribution in [0, 0.1) is 11.6 Å². The summed E-state index contributed by atoms with van der Waals surface area (Å²) in [6, 6.07) is 11.1. The van der Waals surface area contributed by atoms with Crippen LogP contribution in [0.1, 0.15) is 24.0 Å². The molecule has 2 N–H and O–H groups in total. The van der Waals surface area contributed by atoms with Crippen LogP contribution in [0.5, 0.6) is 5.75 Å². The van der Waals surface area contributed by atoms with Gasteiger partial charge in [-0.2, -0.15) is 0 Å². The minimum absolute atomic E-state index is 0.249. The van der Waals surface area contributed by atoms with Crippen LogP contribution in [-0.4, -0.2) is 13.2 Å². The highest BCUT2D eigenvalue weighted by Crippen LogP contribution is 2.25. The molecule has 0 aliphatic carbocycles. The summed E-state index contributed by atoms with van der Waals surface area (Å²) in [4.78, 5) is 0. The molecule has 2 aromatic carbocycles. The maximum absolute atomic E-state index is 13.9.